The Kier molecular flexibility index (Phi) is 3.29. The second-order valence-corrected chi connectivity index (χ2v) is 3.45. The molecule has 0 aliphatic carbocycles. The van der Waals surface area contributed by atoms with Gasteiger partial charge >= 0.3 is 11.9 Å². The molecular formula is C11H14O4. The van der Waals surface area contributed by atoms with E-state index in [0.29, 0.717) is 5.76 Å². The smallest absolute Gasteiger partial charge is 0.329 e. The van der Waals surface area contributed by atoms with E-state index in [1.165, 1.54) is 7.11 Å². The minimum Gasteiger partial charge on any atom is -0.468 e. The summed E-state index contributed by atoms with van der Waals surface area (Å²) < 4.78 is 9.47. The molecule has 0 aromatic heterocycles. The molecule has 0 spiro atoms. The predicted octanol–water partition coefficient (Wildman–Crippen LogP) is 1.57. The van der Waals surface area contributed by atoms with Crippen LogP contribution in [-0.2, 0) is 19.1 Å². The number of cyclic esters (lactones) is 1. The minimum atomic E-state index is -1.22. The third-order valence-corrected chi connectivity index (χ3v) is 2.40. The number of ether oxygens (including phenoxy) is 2. The van der Waals surface area contributed by atoms with Crippen molar-refractivity contribution in [2.45, 2.75) is 19.8 Å². The van der Waals surface area contributed by atoms with Crippen LogP contribution in [0.3, 0.4) is 0 Å². The van der Waals surface area contributed by atoms with Crippen LogP contribution in [0.4, 0.5) is 0 Å². The van der Waals surface area contributed by atoms with E-state index in [9.17, 15) is 9.59 Å². The first-order valence-electron chi connectivity index (χ1n) is 4.66. The highest BCUT2D eigenvalue weighted by Crippen LogP contribution is 2.40. The first kappa shape index (κ1) is 11.5. The predicted molar refractivity (Wildman–Crippen MR) is 53.7 cm³/mol. The average Bonchev–Trinajstić information content (AvgIpc) is 2.50. The van der Waals surface area contributed by atoms with Crippen molar-refractivity contribution >= 4 is 11.9 Å². The van der Waals surface area contributed by atoms with Gasteiger partial charge in [-0.1, -0.05) is 18.7 Å². The van der Waals surface area contributed by atoms with E-state index in [2.05, 4.69) is 11.3 Å². The van der Waals surface area contributed by atoms with Gasteiger partial charge in [-0.25, -0.2) is 0 Å². The van der Waals surface area contributed by atoms with Gasteiger partial charge in [0.05, 0.1) is 7.11 Å². The molecule has 4 nitrogen and oxygen atoms in total. The lowest BCUT2D eigenvalue weighted by molar-refractivity contribution is -0.162. The minimum absolute atomic E-state index is 0.197. The van der Waals surface area contributed by atoms with Gasteiger partial charge in [0.15, 0.2) is 5.41 Å². The van der Waals surface area contributed by atoms with Crippen LogP contribution in [0.15, 0.2) is 24.5 Å². The molecular weight excluding hydrogens is 196 g/mol. The molecule has 0 amide bonds. The zero-order valence-corrected chi connectivity index (χ0v) is 8.91. The van der Waals surface area contributed by atoms with Crippen molar-refractivity contribution in [1.82, 2.24) is 0 Å². The monoisotopic (exact) mass is 210 g/mol. The summed E-state index contributed by atoms with van der Waals surface area (Å²) in [5.74, 6) is -0.823. The van der Waals surface area contributed by atoms with Gasteiger partial charge in [0, 0.05) is 6.42 Å². The van der Waals surface area contributed by atoms with Gasteiger partial charge < -0.3 is 9.47 Å². The molecule has 1 atom stereocenters. The zero-order valence-electron chi connectivity index (χ0n) is 8.91. The van der Waals surface area contributed by atoms with Crippen LogP contribution in [-0.4, -0.2) is 19.0 Å². The van der Waals surface area contributed by atoms with E-state index in [1.807, 2.05) is 6.92 Å². The van der Waals surface area contributed by atoms with Gasteiger partial charge in [0.1, 0.15) is 5.76 Å². The summed E-state index contributed by atoms with van der Waals surface area (Å²) in [6.07, 6.45) is 4.01. The summed E-state index contributed by atoms with van der Waals surface area (Å²) in [5, 5.41) is 0. The highest BCUT2D eigenvalue weighted by atomic mass is 16.6. The molecule has 82 valence electrons. The van der Waals surface area contributed by atoms with Crippen molar-refractivity contribution in [3.8, 4) is 0 Å². The molecule has 1 aliphatic rings. The quantitative estimate of drug-likeness (QED) is 0.403. The third kappa shape index (κ3) is 1.93. The number of hydrogen-bond donors (Lipinski definition) is 0. The van der Waals surface area contributed by atoms with E-state index in [0.717, 1.165) is 0 Å². The normalized spacial score (nSPS) is 25.7. The highest BCUT2D eigenvalue weighted by molar-refractivity contribution is 6.02. The van der Waals surface area contributed by atoms with Gasteiger partial charge in [-0.3, -0.25) is 9.59 Å². The Morgan fingerprint density at radius 2 is 2.40 bits per heavy atom. The number of carbonyl (C=O) groups is 2. The van der Waals surface area contributed by atoms with Crippen LogP contribution < -0.4 is 0 Å². The van der Waals surface area contributed by atoms with Gasteiger partial charge in [0.25, 0.3) is 0 Å². The molecule has 0 N–H and O–H groups in total. The molecule has 1 unspecified atom stereocenters. The number of hydrogen-bond acceptors (Lipinski definition) is 4. The van der Waals surface area contributed by atoms with Crippen LogP contribution in [0.5, 0.6) is 0 Å². The number of methoxy groups -OCH3 is 1. The van der Waals surface area contributed by atoms with Gasteiger partial charge in [-0.2, -0.15) is 0 Å². The summed E-state index contributed by atoms with van der Waals surface area (Å²) in [7, 11) is 1.26. The lowest BCUT2D eigenvalue weighted by Gasteiger charge is -2.18. The number of allylic oxidation sites excluding steroid dienone is 3. The summed E-state index contributed by atoms with van der Waals surface area (Å²) in [6.45, 7) is 5.37. The maximum absolute atomic E-state index is 11.6. The third-order valence-electron chi connectivity index (χ3n) is 2.40. The van der Waals surface area contributed by atoms with Crippen molar-refractivity contribution in [1.29, 1.82) is 0 Å². The fourth-order valence-electron chi connectivity index (χ4n) is 1.58. The van der Waals surface area contributed by atoms with Crippen molar-refractivity contribution in [3.63, 3.8) is 0 Å². The van der Waals surface area contributed by atoms with Crippen LogP contribution in [0.25, 0.3) is 0 Å². The Balaban J connectivity index is 3.01. The molecule has 0 aromatic carbocycles. The average molecular weight is 210 g/mol. The first-order chi connectivity index (χ1) is 7.06. The second-order valence-electron chi connectivity index (χ2n) is 3.45. The van der Waals surface area contributed by atoms with Crippen LogP contribution in [0.1, 0.15) is 19.8 Å². The van der Waals surface area contributed by atoms with E-state index in [-0.39, 0.29) is 12.8 Å². The molecule has 0 saturated carbocycles. The summed E-state index contributed by atoms with van der Waals surface area (Å²) in [4.78, 5) is 23.2. The van der Waals surface area contributed by atoms with E-state index >= 15 is 0 Å². The topological polar surface area (TPSA) is 52.6 Å². The van der Waals surface area contributed by atoms with Crippen molar-refractivity contribution < 1.29 is 19.1 Å². The summed E-state index contributed by atoms with van der Waals surface area (Å²) in [6, 6.07) is 0. The number of rotatable bonds is 3. The molecule has 1 fully saturated rings. The molecule has 1 saturated heterocycles. The van der Waals surface area contributed by atoms with E-state index < -0.39 is 17.4 Å². The van der Waals surface area contributed by atoms with Crippen LogP contribution in [0.2, 0.25) is 0 Å². The Hall–Kier alpha value is -1.58. The Bertz CT molecular complexity index is 329. The maximum Gasteiger partial charge on any atom is 0.329 e. The van der Waals surface area contributed by atoms with Crippen LogP contribution in [0, 0.1) is 5.41 Å². The lowest BCUT2D eigenvalue weighted by atomic mass is 9.82. The van der Waals surface area contributed by atoms with Crippen LogP contribution >= 0.6 is 0 Å². The first-order valence-corrected chi connectivity index (χ1v) is 4.66. The van der Waals surface area contributed by atoms with Crippen molar-refractivity contribution in [3.05, 3.63) is 24.5 Å². The molecule has 0 aromatic rings. The number of esters is 2. The Labute approximate surface area is 88.6 Å². The molecule has 1 aliphatic heterocycles. The van der Waals surface area contributed by atoms with E-state index in [4.69, 9.17) is 4.74 Å². The highest BCUT2D eigenvalue weighted by Gasteiger charge is 2.53. The second kappa shape index (κ2) is 4.29. The lowest BCUT2D eigenvalue weighted by Crippen LogP contribution is -2.36. The number of carbonyl (C=O) groups excluding carboxylic acids is 2. The van der Waals surface area contributed by atoms with Crippen molar-refractivity contribution in [2.24, 2.45) is 5.41 Å². The fourth-order valence-corrected chi connectivity index (χ4v) is 1.58. The van der Waals surface area contributed by atoms with Gasteiger partial charge in [-0.15, -0.1) is 0 Å². The Morgan fingerprint density at radius 1 is 1.73 bits per heavy atom. The maximum atomic E-state index is 11.6. The molecule has 0 radical (unpaired) electrons. The molecule has 15 heavy (non-hydrogen) atoms. The zero-order chi connectivity index (χ0) is 11.5. The fraction of sp³-hybridized carbons (Fsp3) is 0.455. The van der Waals surface area contributed by atoms with Gasteiger partial charge in [0.2, 0.25) is 0 Å². The largest absolute Gasteiger partial charge is 0.468 e. The molecule has 0 bridgehead atoms. The van der Waals surface area contributed by atoms with Crippen molar-refractivity contribution in [2.75, 3.05) is 7.11 Å². The van der Waals surface area contributed by atoms with E-state index in [1.54, 1.807) is 12.2 Å². The molecule has 1 rings (SSSR count). The Morgan fingerprint density at radius 3 is 2.80 bits per heavy atom. The summed E-state index contributed by atoms with van der Waals surface area (Å²) >= 11 is 0. The molecule has 4 heteroatoms. The standard InChI is InChI=1S/C11H14O4/c1-4-5-6-11(9(12)14-3)7-8(2)15-10(11)13/h4-5H,2,6-7H2,1,3H3/b5-4+. The summed E-state index contributed by atoms with van der Waals surface area (Å²) in [5.41, 5.74) is -1.22. The van der Waals surface area contributed by atoms with Gasteiger partial charge in [-0.05, 0) is 13.3 Å². The SMILES string of the molecule is C=C1CC(C/C=C/C)(C(=O)OC)C(=O)O1. The molecule has 1 heterocycles.